The van der Waals surface area contributed by atoms with Crippen LogP contribution in [-0.4, -0.2) is 142 Å². The van der Waals surface area contributed by atoms with E-state index < -0.39 is 43.0 Å². The van der Waals surface area contributed by atoms with E-state index in [1.807, 2.05) is 11.8 Å². The molecule has 14 heteroatoms. The van der Waals surface area contributed by atoms with E-state index in [0.29, 0.717) is 63.4 Å². The van der Waals surface area contributed by atoms with Gasteiger partial charge in [0.15, 0.2) is 0 Å². The average molecular weight is 566 g/mol. The van der Waals surface area contributed by atoms with Crippen LogP contribution < -0.4 is 5.32 Å². The molecule has 1 amide bonds. The van der Waals surface area contributed by atoms with Gasteiger partial charge in [-0.1, -0.05) is 19.1 Å². The van der Waals surface area contributed by atoms with Gasteiger partial charge in [-0.2, -0.15) is 0 Å². The van der Waals surface area contributed by atoms with Crippen molar-refractivity contribution < 1.29 is 44.4 Å². The number of amides is 1. The van der Waals surface area contributed by atoms with Crippen LogP contribution in [0.4, 0.5) is 5.69 Å². The Hall–Kier alpha value is -3.59. The van der Waals surface area contributed by atoms with Crippen molar-refractivity contribution in [2.45, 2.75) is 25.8 Å². The van der Waals surface area contributed by atoms with E-state index in [2.05, 4.69) is 5.32 Å². The van der Waals surface area contributed by atoms with Crippen molar-refractivity contribution in [1.29, 1.82) is 0 Å². The summed E-state index contributed by atoms with van der Waals surface area (Å²) in [4.78, 5) is 64.8. The Morgan fingerprint density at radius 2 is 1.20 bits per heavy atom. The van der Waals surface area contributed by atoms with Gasteiger partial charge in [0.05, 0.1) is 26.2 Å². The van der Waals surface area contributed by atoms with E-state index in [-0.39, 0.29) is 25.5 Å². The molecule has 0 saturated carbocycles. The summed E-state index contributed by atoms with van der Waals surface area (Å²) in [5.74, 6) is -4.54. The zero-order valence-electron chi connectivity index (χ0n) is 22.7. The number of hydrogen-bond acceptors (Lipinski definition) is 9. The molecule has 0 aromatic heterocycles. The second-order valence-corrected chi connectivity index (χ2v) is 9.77. The van der Waals surface area contributed by atoms with Crippen LogP contribution in [0.2, 0.25) is 0 Å². The zero-order valence-corrected chi connectivity index (χ0v) is 22.7. The van der Waals surface area contributed by atoms with Crippen LogP contribution in [0.15, 0.2) is 24.3 Å². The largest absolute Gasteiger partial charge is 0.480 e. The zero-order chi connectivity index (χ0) is 29.7. The lowest BCUT2D eigenvalue weighted by atomic mass is 10.0. The number of carboxylic acids is 4. The molecule has 1 heterocycles. The number of benzene rings is 1. The van der Waals surface area contributed by atoms with Gasteiger partial charge >= 0.3 is 23.9 Å². The topological polar surface area (TPSA) is 191 Å². The third-order valence-corrected chi connectivity index (χ3v) is 6.52. The summed E-state index contributed by atoms with van der Waals surface area (Å²) >= 11 is 0. The molecule has 222 valence electrons. The molecule has 1 atom stereocenters. The Labute approximate surface area is 232 Å². The summed E-state index contributed by atoms with van der Waals surface area (Å²) in [7, 11) is 0. The molecule has 0 spiro atoms. The fourth-order valence-corrected chi connectivity index (χ4v) is 4.60. The number of aliphatic carboxylic acids is 4. The number of carboxylic acid groups (broad SMARTS) is 4. The Morgan fingerprint density at radius 3 is 1.60 bits per heavy atom. The van der Waals surface area contributed by atoms with Crippen LogP contribution in [0.3, 0.4) is 0 Å². The quantitative estimate of drug-likeness (QED) is 0.191. The first-order chi connectivity index (χ1) is 19.0. The maximum Gasteiger partial charge on any atom is 0.317 e. The van der Waals surface area contributed by atoms with E-state index in [1.54, 1.807) is 34.1 Å². The standard InChI is InChI=1S/C26H39N5O9/c1-2-3-22(32)27-20-6-4-19(5-7-20)21(31(17-25(37)38)18-26(39)40)14-28-8-10-29(15-23(33)34)12-13-30(11-9-28)16-24(35)36/h4-7,21H,2-3,8-18H2,1H3,(H,27,32)(H,33,34)(H,35,36)(H,37,38)(H,39,40). The molecule has 2 rings (SSSR count). The molecule has 1 unspecified atom stereocenters. The van der Waals surface area contributed by atoms with Gasteiger partial charge in [0.25, 0.3) is 0 Å². The molecule has 1 aliphatic rings. The Balaban J connectivity index is 2.36. The predicted molar refractivity (Wildman–Crippen MR) is 144 cm³/mol. The fourth-order valence-electron chi connectivity index (χ4n) is 4.60. The van der Waals surface area contributed by atoms with Gasteiger partial charge in [0.1, 0.15) is 0 Å². The number of nitrogens with zero attached hydrogens (tertiary/aromatic N) is 4. The van der Waals surface area contributed by atoms with Gasteiger partial charge in [0, 0.05) is 64.0 Å². The molecule has 1 fully saturated rings. The van der Waals surface area contributed by atoms with Gasteiger partial charge in [-0.15, -0.1) is 0 Å². The second kappa shape index (κ2) is 16.5. The minimum Gasteiger partial charge on any atom is -0.480 e. The summed E-state index contributed by atoms with van der Waals surface area (Å²) in [5.41, 5.74) is 1.20. The number of anilines is 1. The molecule has 40 heavy (non-hydrogen) atoms. The van der Waals surface area contributed by atoms with E-state index >= 15 is 0 Å². The third kappa shape index (κ3) is 12.1. The van der Waals surface area contributed by atoms with Gasteiger partial charge in [-0.25, -0.2) is 0 Å². The van der Waals surface area contributed by atoms with Gasteiger partial charge in [-0.05, 0) is 24.1 Å². The molecule has 1 aromatic rings. The molecular formula is C26H39N5O9. The first kappa shape index (κ1) is 32.6. The maximum absolute atomic E-state index is 12.0. The monoisotopic (exact) mass is 565 g/mol. The number of carbonyl (C=O) groups excluding carboxylic acids is 1. The van der Waals surface area contributed by atoms with Crippen LogP contribution >= 0.6 is 0 Å². The van der Waals surface area contributed by atoms with Crippen molar-refractivity contribution >= 4 is 35.5 Å². The van der Waals surface area contributed by atoms with Crippen molar-refractivity contribution in [3.63, 3.8) is 0 Å². The normalized spacial score (nSPS) is 16.4. The lowest BCUT2D eigenvalue weighted by Gasteiger charge is -2.35. The molecule has 14 nitrogen and oxygen atoms in total. The number of hydrogen-bond donors (Lipinski definition) is 5. The molecule has 1 saturated heterocycles. The molecule has 1 aromatic carbocycles. The minimum absolute atomic E-state index is 0.140. The van der Waals surface area contributed by atoms with Gasteiger partial charge < -0.3 is 25.7 Å². The van der Waals surface area contributed by atoms with E-state index in [1.165, 1.54) is 4.90 Å². The van der Waals surface area contributed by atoms with Crippen molar-refractivity contribution in [1.82, 2.24) is 19.6 Å². The summed E-state index contributed by atoms with van der Waals surface area (Å²) in [6, 6.07) is 6.11. The van der Waals surface area contributed by atoms with Crippen molar-refractivity contribution in [2.75, 3.05) is 77.3 Å². The summed E-state index contributed by atoms with van der Waals surface area (Å²) in [6.07, 6.45) is 1.05. The Morgan fingerprint density at radius 1 is 0.750 bits per heavy atom. The van der Waals surface area contributed by atoms with Gasteiger partial charge in [-0.3, -0.25) is 43.6 Å². The van der Waals surface area contributed by atoms with E-state index in [0.717, 1.165) is 0 Å². The smallest absolute Gasteiger partial charge is 0.317 e. The SMILES string of the molecule is CCCC(=O)Nc1ccc(C(CN2CCN(CC(=O)O)CCN(CC(=O)O)CC2)N(CC(=O)O)CC(=O)O)cc1. The highest BCUT2D eigenvalue weighted by Gasteiger charge is 2.28. The molecule has 1 aliphatic heterocycles. The van der Waals surface area contributed by atoms with Crippen LogP contribution in [0.5, 0.6) is 0 Å². The Bertz CT molecular complexity index is 976. The molecule has 0 bridgehead atoms. The molecule has 0 aliphatic carbocycles. The lowest BCUT2D eigenvalue weighted by Crippen LogP contribution is -2.45. The Kier molecular flexibility index (Phi) is 13.5. The van der Waals surface area contributed by atoms with Gasteiger partial charge in [0.2, 0.25) is 5.91 Å². The van der Waals surface area contributed by atoms with Crippen LogP contribution in [-0.2, 0) is 24.0 Å². The van der Waals surface area contributed by atoms with Crippen molar-refractivity contribution in [3.05, 3.63) is 29.8 Å². The first-order valence-corrected chi connectivity index (χ1v) is 13.1. The molecule has 5 N–H and O–H groups in total. The number of nitrogens with one attached hydrogen (secondary N) is 1. The predicted octanol–water partition coefficient (Wildman–Crippen LogP) is 0.0263. The van der Waals surface area contributed by atoms with E-state index in [9.17, 15) is 44.4 Å². The number of carbonyl (C=O) groups is 5. The highest BCUT2D eigenvalue weighted by atomic mass is 16.4. The minimum atomic E-state index is -1.19. The molecule has 0 radical (unpaired) electrons. The van der Waals surface area contributed by atoms with Crippen LogP contribution in [0, 0.1) is 0 Å². The number of rotatable bonds is 15. The summed E-state index contributed by atoms with van der Waals surface area (Å²) in [6.45, 7) is 2.91. The van der Waals surface area contributed by atoms with Crippen molar-refractivity contribution in [3.8, 4) is 0 Å². The average Bonchev–Trinajstić information content (AvgIpc) is 2.93. The summed E-state index contributed by atoms with van der Waals surface area (Å²) < 4.78 is 0. The van der Waals surface area contributed by atoms with Crippen LogP contribution in [0.1, 0.15) is 31.4 Å². The van der Waals surface area contributed by atoms with Crippen LogP contribution in [0.25, 0.3) is 0 Å². The first-order valence-electron chi connectivity index (χ1n) is 13.1. The maximum atomic E-state index is 12.0. The highest BCUT2D eigenvalue weighted by molar-refractivity contribution is 5.90. The summed E-state index contributed by atoms with van der Waals surface area (Å²) in [5, 5.41) is 40.5. The third-order valence-electron chi connectivity index (χ3n) is 6.52. The molecular weight excluding hydrogens is 526 g/mol. The second-order valence-electron chi connectivity index (χ2n) is 9.77. The lowest BCUT2D eigenvalue weighted by molar-refractivity contribution is -0.143. The van der Waals surface area contributed by atoms with E-state index in [4.69, 9.17) is 0 Å². The van der Waals surface area contributed by atoms with Crippen molar-refractivity contribution in [2.24, 2.45) is 0 Å². The highest BCUT2D eigenvalue weighted by Crippen LogP contribution is 2.24. The fraction of sp³-hybridized carbons (Fsp3) is 0.577.